The highest BCUT2D eigenvalue weighted by atomic mass is 79.9. The van der Waals surface area contributed by atoms with Crippen LogP contribution in [-0.4, -0.2) is 17.3 Å². The van der Waals surface area contributed by atoms with Crippen molar-refractivity contribution in [1.82, 2.24) is 10.2 Å². The number of allylic oxidation sites excluding steroid dienone is 1. The van der Waals surface area contributed by atoms with E-state index < -0.39 is 0 Å². The molecule has 8 heteroatoms. The molecule has 1 aliphatic rings. The van der Waals surface area contributed by atoms with Gasteiger partial charge in [0.2, 0.25) is 11.8 Å². The van der Waals surface area contributed by atoms with Gasteiger partial charge in [-0.05, 0) is 28.1 Å². The van der Waals surface area contributed by atoms with E-state index >= 15 is 0 Å². The number of methoxy groups -OCH3 is 1. The first-order valence-electron chi connectivity index (χ1n) is 6.04. The summed E-state index contributed by atoms with van der Waals surface area (Å²) in [6.07, 6.45) is 0. The standard InChI is InChI=1S/C13H11BrN4O2S/c1-19-5-7-11-10(8-2-3-9(14)21-8)6(4-15)12(16)20-13(11)18-17-7/h2-3,10H,5,16H2,1H3,(H,17,18). The van der Waals surface area contributed by atoms with Crippen molar-refractivity contribution in [2.24, 2.45) is 5.73 Å². The Bertz CT molecular complexity index is 759. The van der Waals surface area contributed by atoms with Gasteiger partial charge < -0.3 is 15.2 Å². The average Bonchev–Trinajstić information content (AvgIpc) is 3.05. The Morgan fingerprint density at radius 1 is 1.62 bits per heavy atom. The van der Waals surface area contributed by atoms with Gasteiger partial charge in [-0.25, -0.2) is 0 Å². The van der Waals surface area contributed by atoms with Crippen LogP contribution >= 0.6 is 27.3 Å². The molecule has 2 aromatic heterocycles. The van der Waals surface area contributed by atoms with Crippen molar-refractivity contribution in [1.29, 1.82) is 5.26 Å². The Kier molecular flexibility index (Phi) is 3.71. The van der Waals surface area contributed by atoms with Gasteiger partial charge in [-0.2, -0.15) is 5.26 Å². The maximum absolute atomic E-state index is 9.45. The lowest BCUT2D eigenvalue weighted by molar-refractivity contribution is 0.180. The van der Waals surface area contributed by atoms with Crippen LogP contribution in [0.5, 0.6) is 5.88 Å². The summed E-state index contributed by atoms with van der Waals surface area (Å²) in [5, 5.41) is 16.5. The Labute approximate surface area is 133 Å². The van der Waals surface area contributed by atoms with Crippen molar-refractivity contribution >= 4 is 27.3 Å². The first kappa shape index (κ1) is 14.1. The summed E-state index contributed by atoms with van der Waals surface area (Å²) in [6.45, 7) is 0.355. The number of thiophene rings is 1. The van der Waals surface area contributed by atoms with Gasteiger partial charge in [-0.15, -0.1) is 16.4 Å². The number of ether oxygens (including phenoxy) is 2. The Balaban J connectivity index is 2.19. The SMILES string of the molecule is COCc1[nH]nc2c1C(c1ccc(Br)s1)C(C#N)=C(N)O2. The number of hydrogen-bond donors (Lipinski definition) is 2. The number of fused-ring (bicyclic) bond motifs is 1. The normalized spacial score (nSPS) is 17.3. The highest BCUT2D eigenvalue weighted by molar-refractivity contribution is 9.11. The van der Waals surface area contributed by atoms with E-state index in [1.807, 2.05) is 12.1 Å². The van der Waals surface area contributed by atoms with Crippen molar-refractivity contribution in [3.8, 4) is 11.9 Å². The third kappa shape index (κ3) is 2.33. The molecule has 6 nitrogen and oxygen atoms in total. The van der Waals surface area contributed by atoms with Crippen LogP contribution in [0.4, 0.5) is 0 Å². The second-order valence-electron chi connectivity index (χ2n) is 4.42. The molecule has 0 fully saturated rings. The van der Waals surface area contributed by atoms with E-state index in [0.29, 0.717) is 18.1 Å². The molecule has 1 aliphatic heterocycles. The molecule has 0 radical (unpaired) electrons. The summed E-state index contributed by atoms with van der Waals surface area (Å²) >= 11 is 4.99. The molecule has 3 heterocycles. The highest BCUT2D eigenvalue weighted by Crippen LogP contribution is 2.45. The van der Waals surface area contributed by atoms with E-state index in [1.165, 1.54) is 0 Å². The monoisotopic (exact) mass is 366 g/mol. The summed E-state index contributed by atoms with van der Waals surface area (Å²) in [7, 11) is 1.60. The van der Waals surface area contributed by atoms with Crippen LogP contribution in [0.15, 0.2) is 27.4 Å². The third-order valence-electron chi connectivity index (χ3n) is 3.19. The van der Waals surface area contributed by atoms with Gasteiger partial charge in [-0.3, -0.25) is 5.10 Å². The molecule has 0 amide bonds. The number of nitrogens with one attached hydrogen (secondary N) is 1. The van der Waals surface area contributed by atoms with E-state index in [2.05, 4.69) is 32.2 Å². The molecule has 3 N–H and O–H groups in total. The lowest BCUT2D eigenvalue weighted by Crippen LogP contribution is -2.20. The Morgan fingerprint density at radius 2 is 2.43 bits per heavy atom. The third-order valence-corrected chi connectivity index (χ3v) is 4.87. The molecule has 1 unspecified atom stereocenters. The summed E-state index contributed by atoms with van der Waals surface area (Å²) in [6, 6.07) is 6.05. The predicted molar refractivity (Wildman–Crippen MR) is 80.6 cm³/mol. The number of hydrogen-bond acceptors (Lipinski definition) is 6. The smallest absolute Gasteiger partial charge is 0.244 e. The molecular formula is C13H11BrN4O2S. The van der Waals surface area contributed by atoms with Crippen molar-refractivity contribution in [2.75, 3.05) is 7.11 Å². The number of H-pyrrole nitrogens is 1. The fourth-order valence-corrected chi connectivity index (χ4v) is 3.87. The van der Waals surface area contributed by atoms with Crippen LogP contribution in [0.3, 0.4) is 0 Å². The van der Waals surface area contributed by atoms with Gasteiger partial charge in [0, 0.05) is 12.0 Å². The molecule has 0 spiro atoms. The number of nitrogens with two attached hydrogens (primary N) is 1. The molecule has 0 saturated carbocycles. The topological polar surface area (TPSA) is 97.0 Å². The maximum atomic E-state index is 9.45. The zero-order valence-corrected chi connectivity index (χ0v) is 13.4. The minimum absolute atomic E-state index is 0.0926. The minimum atomic E-state index is -0.293. The van der Waals surface area contributed by atoms with Crippen LogP contribution in [0, 0.1) is 11.3 Å². The fraction of sp³-hybridized carbons (Fsp3) is 0.231. The van der Waals surface area contributed by atoms with Crippen molar-refractivity contribution in [3.05, 3.63) is 43.5 Å². The van der Waals surface area contributed by atoms with Crippen molar-refractivity contribution in [2.45, 2.75) is 12.5 Å². The number of aromatic nitrogens is 2. The van der Waals surface area contributed by atoms with Gasteiger partial charge in [0.15, 0.2) is 0 Å². The van der Waals surface area contributed by atoms with E-state index in [-0.39, 0.29) is 11.8 Å². The first-order chi connectivity index (χ1) is 10.2. The van der Waals surface area contributed by atoms with Crippen LogP contribution in [0.2, 0.25) is 0 Å². The first-order valence-corrected chi connectivity index (χ1v) is 7.65. The van der Waals surface area contributed by atoms with Crippen LogP contribution in [-0.2, 0) is 11.3 Å². The zero-order chi connectivity index (χ0) is 15.0. The van der Waals surface area contributed by atoms with E-state index in [9.17, 15) is 5.26 Å². The lowest BCUT2D eigenvalue weighted by atomic mass is 9.89. The molecule has 1 atom stereocenters. The van der Waals surface area contributed by atoms with Gasteiger partial charge in [0.1, 0.15) is 11.6 Å². The number of aromatic amines is 1. The summed E-state index contributed by atoms with van der Waals surface area (Å²) in [4.78, 5) is 0.990. The molecule has 0 aromatic carbocycles. The van der Waals surface area contributed by atoms with Gasteiger partial charge in [-0.1, -0.05) is 0 Å². The summed E-state index contributed by atoms with van der Waals surface area (Å²) in [5.74, 6) is 0.196. The number of nitriles is 1. The minimum Gasteiger partial charge on any atom is -0.420 e. The molecule has 108 valence electrons. The van der Waals surface area contributed by atoms with Crippen molar-refractivity contribution in [3.63, 3.8) is 0 Å². The molecule has 21 heavy (non-hydrogen) atoms. The average molecular weight is 367 g/mol. The molecule has 3 rings (SSSR count). The van der Waals surface area contributed by atoms with Gasteiger partial charge >= 0.3 is 0 Å². The Morgan fingerprint density at radius 3 is 3.05 bits per heavy atom. The second-order valence-corrected chi connectivity index (χ2v) is 6.92. The largest absolute Gasteiger partial charge is 0.420 e. The number of rotatable bonds is 3. The lowest BCUT2D eigenvalue weighted by Gasteiger charge is -2.22. The predicted octanol–water partition coefficient (Wildman–Crippen LogP) is 2.60. The molecule has 0 bridgehead atoms. The number of nitrogens with zero attached hydrogens (tertiary/aromatic N) is 2. The van der Waals surface area contributed by atoms with Crippen molar-refractivity contribution < 1.29 is 9.47 Å². The quantitative estimate of drug-likeness (QED) is 0.869. The molecule has 2 aromatic rings. The van der Waals surface area contributed by atoms with Crippen LogP contribution < -0.4 is 10.5 Å². The Hall–Kier alpha value is -1.82. The van der Waals surface area contributed by atoms with Gasteiger partial charge in [0.05, 0.1) is 27.6 Å². The molecular weight excluding hydrogens is 356 g/mol. The summed E-state index contributed by atoms with van der Waals surface area (Å²) in [5.41, 5.74) is 7.83. The molecule has 0 saturated heterocycles. The van der Waals surface area contributed by atoms with E-state index in [4.69, 9.17) is 15.2 Å². The highest BCUT2D eigenvalue weighted by Gasteiger charge is 2.35. The van der Waals surface area contributed by atoms with Gasteiger partial charge in [0.25, 0.3) is 0 Å². The second kappa shape index (κ2) is 5.52. The fourth-order valence-electron chi connectivity index (χ4n) is 2.33. The van der Waals surface area contributed by atoms with E-state index in [1.54, 1.807) is 18.4 Å². The summed E-state index contributed by atoms with van der Waals surface area (Å²) < 4.78 is 11.6. The van der Waals surface area contributed by atoms with E-state index in [0.717, 1.165) is 19.9 Å². The molecule has 0 aliphatic carbocycles. The maximum Gasteiger partial charge on any atom is 0.244 e. The van der Waals surface area contributed by atoms with Crippen LogP contribution in [0.25, 0.3) is 0 Å². The zero-order valence-electron chi connectivity index (χ0n) is 11.0. The number of halogens is 1. The van der Waals surface area contributed by atoms with Crippen LogP contribution in [0.1, 0.15) is 22.1 Å².